The average molecular weight is 426 g/mol. The lowest BCUT2D eigenvalue weighted by molar-refractivity contribution is 0.0931. The molecule has 3 aromatic carbocycles. The summed E-state index contributed by atoms with van der Waals surface area (Å²) in [5.41, 5.74) is 3.73. The van der Waals surface area contributed by atoms with Crippen molar-refractivity contribution < 1.29 is 19.1 Å². The Labute approximate surface area is 182 Å². The summed E-state index contributed by atoms with van der Waals surface area (Å²) in [6, 6.07) is 16.9. The Balaban J connectivity index is 1.34. The summed E-state index contributed by atoms with van der Waals surface area (Å²) in [4.78, 5) is 44.7. The third-order valence-corrected chi connectivity index (χ3v) is 5.20. The van der Waals surface area contributed by atoms with Crippen LogP contribution >= 0.6 is 0 Å². The van der Waals surface area contributed by atoms with Gasteiger partial charge in [-0.05, 0) is 48.5 Å². The molecule has 0 bridgehead atoms. The van der Waals surface area contributed by atoms with E-state index in [1.807, 2.05) is 0 Å². The highest BCUT2D eigenvalue weighted by Gasteiger charge is 2.22. The molecule has 1 aromatic heterocycles. The number of carbonyl (C=O) groups is 3. The second kappa shape index (κ2) is 7.99. The minimum atomic E-state index is -0.380. The SMILES string of the molecule is O=C(Nc1cccc(C(=O)Nc2cccc3c2OCCC3=O)c1)c1ccc2nc[nH]c2c1. The van der Waals surface area contributed by atoms with Crippen molar-refractivity contribution in [1.82, 2.24) is 9.97 Å². The number of para-hydroxylation sites is 1. The lowest BCUT2D eigenvalue weighted by atomic mass is 10.0. The summed E-state index contributed by atoms with van der Waals surface area (Å²) in [6.45, 7) is 0.282. The van der Waals surface area contributed by atoms with Crippen LogP contribution in [-0.2, 0) is 0 Å². The molecule has 2 heterocycles. The van der Waals surface area contributed by atoms with Crippen molar-refractivity contribution in [2.75, 3.05) is 17.2 Å². The first kappa shape index (κ1) is 19.5. The molecule has 32 heavy (non-hydrogen) atoms. The molecule has 0 fully saturated rings. The van der Waals surface area contributed by atoms with Crippen LogP contribution in [0.4, 0.5) is 11.4 Å². The highest BCUT2D eigenvalue weighted by atomic mass is 16.5. The number of rotatable bonds is 4. The molecule has 0 aliphatic carbocycles. The fourth-order valence-electron chi connectivity index (χ4n) is 3.60. The molecule has 0 saturated carbocycles. The fraction of sp³-hybridized carbons (Fsp3) is 0.0833. The maximum absolute atomic E-state index is 12.8. The number of ether oxygens (including phenoxy) is 1. The Morgan fingerprint density at radius 3 is 2.66 bits per heavy atom. The number of anilines is 2. The Kier molecular flexibility index (Phi) is 4.87. The number of aromatic nitrogens is 2. The Morgan fingerprint density at radius 1 is 0.938 bits per heavy atom. The van der Waals surface area contributed by atoms with Crippen molar-refractivity contribution in [3.63, 3.8) is 0 Å². The number of nitrogens with one attached hydrogen (secondary N) is 3. The molecule has 0 radical (unpaired) electrons. The minimum Gasteiger partial charge on any atom is -0.490 e. The maximum Gasteiger partial charge on any atom is 0.255 e. The van der Waals surface area contributed by atoms with Gasteiger partial charge in [0.1, 0.15) is 0 Å². The second-order valence-corrected chi connectivity index (χ2v) is 7.33. The summed E-state index contributed by atoms with van der Waals surface area (Å²) in [7, 11) is 0. The topological polar surface area (TPSA) is 113 Å². The molecular formula is C24H18N4O4. The summed E-state index contributed by atoms with van der Waals surface area (Å²) in [5.74, 6) is -0.311. The second-order valence-electron chi connectivity index (χ2n) is 7.33. The van der Waals surface area contributed by atoms with Crippen LogP contribution in [-0.4, -0.2) is 34.2 Å². The molecule has 1 aliphatic rings. The van der Waals surface area contributed by atoms with Crippen LogP contribution in [0, 0.1) is 0 Å². The quantitative estimate of drug-likeness (QED) is 0.456. The molecule has 0 saturated heterocycles. The van der Waals surface area contributed by atoms with E-state index in [1.165, 1.54) is 0 Å². The predicted molar refractivity (Wildman–Crippen MR) is 119 cm³/mol. The van der Waals surface area contributed by atoms with Crippen LogP contribution < -0.4 is 15.4 Å². The number of fused-ring (bicyclic) bond motifs is 2. The summed E-state index contributed by atoms with van der Waals surface area (Å²) in [6.07, 6.45) is 1.89. The van der Waals surface area contributed by atoms with E-state index in [1.54, 1.807) is 67.0 Å². The van der Waals surface area contributed by atoms with E-state index in [2.05, 4.69) is 20.6 Å². The third kappa shape index (κ3) is 3.69. The summed E-state index contributed by atoms with van der Waals surface area (Å²) in [5, 5.41) is 5.60. The normalized spacial score (nSPS) is 12.7. The molecule has 0 spiro atoms. The largest absolute Gasteiger partial charge is 0.490 e. The molecule has 2 amide bonds. The number of nitrogens with zero attached hydrogens (tertiary/aromatic N) is 1. The molecule has 8 nitrogen and oxygen atoms in total. The van der Waals surface area contributed by atoms with Gasteiger partial charge in [-0.2, -0.15) is 0 Å². The van der Waals surface area contributed by atoms with Gasteiger partial charge in [-0.25, -0.2) is 4.98 Å². The van der Waals surface area contributed by atoms with Crippen LogP contribution in [0.5, 0.6) is 5.75 Å². The van der Waals surface area contributed by atoms with Gasteiger partial charge in [0.25, 0.3) is 11.8 Å². The molecule has 8 heteroatoms. The number of H-pyrrole nitrogens is 1. The molecule has 3 N–H and O–H groups in total. The molecule has 0 unspecified atom stereocenters. The minimum absolute atomic E-state index is 0.0135. The number of ketones is 1. The van der Waals surface area contributed by atoms with Gasteiger partial charge in [0, 0.05) is 23.2 Å². The zero-order chi connectivity index (χ0) is 22.1. The number of hydrogen-bond acceptors (Lipinski definition) is 5. The van der Waals surface area contributed by atoms with Crippen LogP contribution in [0.2, 0.25) is 0 Å². The number of hydrogen-bond donors (Lipinski definition) is 3. The lowest BCUT2D eigenvalue weighted by Gasteiger charge is -2.19. The van der Waals surface area contributed by atoms with Gasteiger partial charge >= 0.3 is 0 Å². The number of amides is 2. The van der Waals surface area contributed by atoms with E-state index in [4.69, 9.17) is 4.74 Å². The van der Waals surface area contributed by atoms with E-state index in [0.29, 0.717) is 40.2 Å². The van der Waals surface area contributed by atoms with Crippen molar-refractivity contribution in [2.24, 2.45) is 0 Å². The van der Waals surface area contributed by atoms with Crippen LogP contribution in [0.25, 0.3) is 11.0 Å². The van der Waals surface area contributed by atoms with Crippen molar-refractivity contribution in [2.45, 2.75) is 6.42 Å². The van der Waals surface area contributed by atoms with E-state index in [0.717, 1.165) is 11.0 Å². The van der Waals surface area contributed by atoms with Gasteiger partial charge in [0.15, 0.2) is 11.5 Å². The molecule has 5 rings (SSSR count). The van der Waals surface area contributed by atoms with Crippen molar-refractivity contribution >= 4 is 40.0 Å². The van der Waals surface area contributed by atoms with Crippen molar-refractivity contribution in [3.8, 4) is 5.75 Å². The Morgan fingerprint density at radius 2 is 1.75 bits per heavy atom. The van der Waals surface area contributed by atoms with Crippen molar-refractivity contribution in [3.05, 3.63) is 83.7 Å². The smallest absolute Gasteiger partial charge is 0.255 e. The molecule has 4 aromatic rings. The zero-order valence-corrected chi connectivity index (χ0v) is 16.8. The van der Waals surface area contributed by atoms with Gasteiger partial charge in [0.2, 0.25) is 0 Å². The Hall–Kier alpha value is -4.46. The van der Waals surface area contributed by atoms with Crippen LogP contribution in [0.3, 0.4) is 0 Å². The fourth-order valence-corrected chi connectivity index (χ4v) is 3.60. The van der Waals surface area contributed by atoms with Gasteiger partial charge in [-0.15, -0.1) is 0 Å². The molecule has 1 aliphatic heterocycles. The van der Waals surface area contributed by atoms with E-state index < -0.39 is 0 Å². The summed E-state index contributed by atoms with van der Waals surface area (Å²) >= 11 is 0. The number of Topliss-reactive ketones (excluding diaryl/α,β-unsaturated/α-hetero) is 1. The lowest BCUT2D eigenvalue weighted by Crippen LogP contribution is -2.19. The van der Waals surface area contributed by atoms with Gasteiger partial charge in [-0.1, -0.05) is 12.1 Å². The zero-order valence-electron chi connectivity index (χ0n) is 16.8. The van der Waals surface area contributed by atoms with Crippen molar-refractivity contribution in [1.29, 1.82) is 0 Å². The first-order chi connectivity index (χ1) is 15.6. The summed E-state index contributed by atoms with van der Waals surface area (Å²) < 4.78 is 5.61. The molecular weight excluding hydrogens is 408 g/mol. The van der Waals surface area contributed by atoms with E-state index in [-0.39, 0.29) is 24.2 Å². The van der Waals surface area contributed by atoms with Gasteiger partial charge < -0.3 is 20.4 Å². The highest BCUT2D eigenvalue weighted by molar-refractivity contribution is 6.09. The Bertz CT molecular complexity index is 1380. The molecule has 0 atom stereocenters. The number of imidazole rings is 1. The standard InChI is InChI=1S/C24H18N4O4/c29-21-9-10-32-22-17(21)5-2-6-19(22)28-24(31)14-3-1-4-16(11-14)27-23(30)15-7-8-18-20(12-15)26-13-25-18/h1-8,11-13H,9-10H2,(H,25,26)(H,27,30)(H,28,31). The third-order valence-electron chi connectivity index (χ3n) is 5.20. The maximum atomic E-state index is 12.8. The van der Waals surface area contributed by atoms with E-state index in [9.17, 15) is 14.4 Å². The first-order valence-corrected chi connectivity index (χ1v) is 10.0. The predicted octanol–water partition coefficient (Wildman–Crippen LogP) is 4.03. The highest BCUT2D eigenvalue weighted by Crippen LogP contribution is 2.33. The number of carbonyl (C=O) groups excluding carboxylic acids is 3. The first-order valence-electron chi connectivity index (χ1n) is 10.0. The number of benzene rings is 3. The number of aromatic amines is 1. The monoisotopic (exact) mass is 426 g/mol. The van der Waals surface area contributed by atoms with E-state index >= 15 is 0 Å². The van der Waals surface area contributed by atoms with Gasteiger partial charge in [-0.3, -0.25) is 14.4 Å². The van der Waals surface area contributed by atoms with Crippen LogP contribution in [0.15, 0.2) is 67.0 Å². The van der Waals surface area contributed by atoms with Crippen LogP contribution in [0.1, 0.15) is 37.5 Å². The van der Waals surface area contributed by atoms with Gasteiger partial charge in [0.05, 0.1) is 35.2 Å². The molecule has 158 valence electrons. The average Bonchev–Trinajstić information content (AvgIpc) is 3.28.